The Labute approximate surface area is 131 Å². The molecule has 1 amide bonds. The number of carbonyl (C=O) groups is 1. The summed E-state index contributed by atoms with van der Waals surface area (Å²) in [6.07, 6.45) is 3.61. The number of ether oxygens (including phenoxy) is 1. The first-order valence-corrected chi connectivity index (χ1v) is 7.47. The minimum atomic E-state index is -0.135. The number of thiocarbonyl (C=S) groups is 1. The van der Waals surface area contributed by atoms with E-state index in [0.29, 0.717) is 20.7 Å². The lowest BCUT2D eigenvalue weighted by atomic mass is 10.2. The zero-order chi connectivity index (χ0) is 14.8. The van der Waals surface area contributed by atoms with Crippen LogP contribution >= 0.6 is 24.0 Å². The van der Waals surface area contributed by atoms with Crippen LogP contribution in [0, 0.1) is 0 Å². The van der Waals surface area contributed by atoms with Gasteiger partial charge in [-0.1, -0.05) is 36.1 Å². The Kier molecular flexibility index (Phi) is 3.81. The first kappa shape index (κ1) is 13.9. The highest BCUT2D eigenvalue weighted by Crippen LogP contribution is 2.39. The number of methoxy groups -OCH3 is 1. The summed E-state index contributed by atoms with van der Waals surface area (Å²) < 4.78 is 5.81. The van der Waals surface area contributed by atoms with Crippen molar-refractivity contribution in [3.63, 3.8) is 0 Å². The van der Waals surface area contributed by atoms with Crippen LogP contribution in [-0.4, -0.2) is 22.3 Å². The lowest BCUT2D eigenvalue weighted by Gasteiger charge is -2.17. The Morgan fingerprint density at radius 1 is 1.29 bits per heavy atom. The third-order valence-electron chi connectivity index (χ3n) is 3.03. The topological polar surface area (TPSA) is 45.3 Å². The number of nitrogens with zero attached hydrogens (tertiary/aromatic N) is 1. The monoisotopic (exact) mass is 316 g/mol. The van der Waals surface area contributed by atoms with Crippen LogP contribution in [0.3, 0.4) is 0 Å². The van der Waals surface area contributed by atoms with Gasteiger partial charge in [-0.2, -0.15) is 0 Å². The highest BCUT2D eigenvalue weighted by atomic mass is 32.2. The molecule has 0 radical (unpaired) electrons. The van der Waals surface area contributed by atoms with E-state index in [4.69, 9.17) is 17.0 Å². The Bertz CT molecular complexity index is 723. The van der Waals surface area contributed by atoms with E-state index < -0.39 is 0 Å². The van der Waals surface area contributed by atoms with Gasteiger partial charge in [0.2, 0.25) is 0 Å². The molecule has 1 fully saturated rings. The maximum Gasteiger partial charge on any atom is 0.270 e. The van der Waals surface area contributed by atoms with E-state index in [0.717, 1.165) is 5.69 Å². The lowest BCUT2D eigenvalue weighted by molar-refractivity contribution is -0.113. The van der Waals surface area contributed by atoms with Crippen molar-refractivity contribution in [3.05, 3.63) is 53.2 Å². The molecule has 2 heterocycles. The predicted molar refractivity (Wildman–Crippen MR) is 89.4 cm³/mol. The van der Waals surface area contributed by atoms with E-state index in [2.05, 4.69) is 4.98 Å². The minimum Gasteiger partial charge on any atom is -0.495 e. The van der Waals surface area contributed by atoms with Crippen LogP contribution < -0.4 is 9.64 Å². The lowest BCUT2D eigenvalue weighted by Crippen LogP contribution is -2.27. The molecule has 4 nitrogen and oxygen atoms in total. The first-order chi connectivity index (χ1) is 10.2. The average Bonchev–Trinajstić information content (AvgIpc) is 3.09. The van der Waals surface area contributed by atoms with Crippen molar-refractivity contribution < 1.29 is 9.53 Å². The molecule has 1 aromatic heterocycles. The van der Waals surface area contributed by atoms with Crippen molar-refractivity contribution in [2.45, 2.75) is 0 Å². The number of anilines is 1. The number of hydrogen-bond acceptors (Lipinski definition) is 4. The molecule has 0 bridgehead atoms. The second-order valence-corrected chi connectivity index (χ2v) is 5.99. The van der Waals surface area contributed by atoms with Crippen LogP contribution in [0.1, 0.15) is 5.69 Å². The van der Waals surface area contributed by atoms with Crippen LogP contribution in [0.2, 0.25) is 0 Å². The zero-order valence-corrected chi connectivity index (χ0v) is 12.8. The zero-order valence-electron chi connectivity index (χ0n) is 11.2. The van der Waals surface area contributed by atoms with Crippen LogP contribution in [-0.2, 0) is 4.79 Å². The normalized spacial score (nSPS) is 16.8. The summed E-state index contributed by atoms with van der Waals surface area (Å²) in [5.74, 6) is 0.485. The highest BCUT2D eigenvalue weighted by molar-refractivity contribution is 8.27. The summed E-state index contributed by atoms with van der Waals surface area (Å²) in [5, 5.41) is 0. The summed E-state index contributed by atoms with van der Waals surface area (Å²) in [5.41, 5.74) is 1.54. The maximum atomic E-state index is 12.6. The van der Waals surface area contributed by atoms with Crippen LogP contribution in [0.25, 0.3) is 6.08 Å². The van der Waals surface area contributed by atoms with Gasteiger partial charge in [0, 0.05) is 11.9 Å². The maximum absolute atomic E-state index is 12.6. The number of H-pyrrole nitrogens is 1. The van der Waals surface area contributed by atoms with Gasteiger partial charge in [-0.3, -0.25) is 9.69 Å². The van der Waals surface area contributed by atoms with Gasteiger partial charge < -0.3 is 9.72 Å². The smallest absolute Gasteiger partial charge is 0.270 e. The van der Waals surface area contributed by atoms with Crippen molar-refractivity contribution in [3.8, 4) is 5.75 Å². The van der Waals surface area contributed by atoms with Gasteiger partial charge in [0.15, 0.2) is 4.32 Å². The Balaban J connectivity index is 1.98. The van der Waals surface area contributed by atoms with E-state index in [-0.39, 0.29) is 5.91 Å². The molecule has 106 valence electrons. The third kappa shape index (κ3) is 2.59. The van der Waals surface area contributed by atoms with Gasteiger partial charge in [0.05, 0.1) is 17.7 Å². The molecule has 1 aliphatic heterocycles. The van der Waals surface area contributed by atoms with Crippen molar-refractivity contribution >= 4 is 46.0 Å². The molecular formula is C15H12N2O2S2. The van der Waals surface area contributed by atoms with Crippen molar-refractivity contribution in [2.75, 3.05) is 12.0 Å². The van der Waals surface area contributed by atoms with Crippen molar-refractivity contribution in [2.24, 2.45) is 0 Å². The van der Waals surface area contributed by atoms with Gasteiger partial charge in [-0.05, 0) is 30.3 Å². The quantitative estimate of drug-likeness (QED) is 0.696. The van der Waals surface area contributed by atoms with Crippen LogP contribution in [0.15, 0.2) is 47.5 Å². The molecule has 1 saturated heterocycles. The summed E-state index contributed by atoms with van der Waals surface area (Å²) >= 11 is 6.63. The number of thioether (sulfide) groups is 1. The molecule has 0 spiro atoms. The van der Waals surface area contributed by atoms with Gasteiger partial charge in [0.1, 0.15) is 5.75 Å². The largest absolute Gasteiger partial charge is 0.495 e. The number of hydrogen-bond donors (Lipinski definition) is 1. The molecule has 2 aromatic rings. The van der Waals surface area contributed by atoms with Crippen molar-refractivity contribution in [1.82, 2.24) is 4.98 Å². The Morgan fingerprint density at radius 3 is 2.81 bits per heavy atom. The van der Waals surface area contributed by atoms with Crippen LogP contribution in [0.4, 0.5) is 5.69 Å². The Hall–Kier alpha value is -2.05. The molecule has 0 aliphatic carbocycles. The summed E-state index contributed by atoms with van der Waals surface area (Å²) in [6, 6.07) is 11.1. The minimum absolute atomic E-state index is 0.135. The summed E-state index contributed by atoms with van der Waals surface area (Å²) in [6.45, 7) is 0. The molecule has 1 aliphatic rings. The fourth-order valence-electron chi connectivity index (χ4n) is 2.07. The number of aromatic nitrogens is 1. The predicted octanol–water partition coefficient (Wildman–Crippen LogP) is 3.43. The van der Waals surface area contributed by atoms with E-state index in [1.807, 2.05) is 42.6 Å². The second-order valence-electron chi connectivity index (χ2n) is 4.31. The second kappa shape index (κ2) is 5.75. The van der Waals surface area contributed by atoms with Gasteiger partial charge in [-0.25, -0.2) is 0 Å². The molecule has 0 saturated carbocycles. The van der Waals surface area contributed by atoms with E-state index in [1.165, 1.54) is 16.7 Å². The van der Waals surface area contributed by atoms with E-state index >= 15 is 0 Å². The van der Waals surface area contributed by atoms with Crippen molar-refractivity contribution in [1.29, 1.82) is 0 Å². The molecule has 6 heteroatoms. The van der Waals surface area contributed by atoms with Gasteiger partial charge in [0.25, 0.3) is 5.91 Å². The SMILES string of the molecule is COc1ccccc1N1C(=O)/C(=C\c2ccc[nH]2)SC1=S. The Morgan fingerprint density at radius 2 is 2.10 bits per heavy atom. The molecule has 1 N–H and O–H groups in total. The molecule has 3 rings (SSSR count). The number of amides is 1. The fourth-order valence-corrected chi connectivity index (χ4v) is 3.34. The number of para-hydroxylation sites is 2. The number of carbonyl (C=O) groups excluding carboxylic acids is 1. The highest BCUT2D eigenvalue weighted by Gasteiger charge is 2.34. The van der Waals surface area contributed by atoms with E-state index in [1.54, 1.807) is 13.2 Å². The average molecular weight is 316 g/mol. The number of benzene rings is 1. The summed E-state index contributed by atoms with van der Waals surface area (Å²) in [4.78, 5) is 17.7. The van der Waals surface area contributed by atoms with E-state index in [9.17, 15) is 4.79 Å². The van der Waals surface area contributed by atoms with Crippen LogP contribution in [0.5, 0.6) is 5.75 Å². The third-order valence-corrected chi connectivity index (χ3v) is 4.33. The number of rotatable bonds is 3. The number of nitrogens with one attached hydrogen (secondary N) is 1. The standard InChI is InChI=1S/C15H12N2O2S2/c1-19-12-7-3-2-6-11(12)17-14(18)13(21-15(17)20)9-10-5-4-8-16-10/h2-9,16H,1H3/b13-9+. The molecule has 0 unspecified atom stereocenters. The molecule has 0 atom stereocenters. The van der Waals surface area contributed by atoms with Gasteiger partial charge >= 0.3 is 0 Å². The van der Waals surface area contributed by atoms with Gasteiger partial charge in [-0.15, -0.1) is 0 Å². The fraction of sp³-hybridized carbons (Fsp3) is 0.0667. The first-order valence-electron chi connectivity index (χ1n) is 6.25. The molecule has 21 heavy (non-hydrogen) atoms. The molecular weight excluding hydrogens is 304 g/mol. The number of aromatic amines is 1. The molecule has 1 aromatic carbocycles. The summed E-state index contributed by atoms with van der Waals surface area (Å²) in [7, 11) is 1.57.